The molecule has 1 aliphatic carbocycles. The highest BCUT2D eigenvalue weighted by molar-refractivity contribution is 7.84. The highest BCUT2D eigenvalue weighted by Crippen LogP contribution is 2.28. The number of hydrogen-bond donors (Lipinski definition) is 3. The number of allylic oxidation sites excluding steroid dienone is 1. The Morgan fingerprint density at radius 1 is 1.00 bits per heavy atom. The van der Waals surface area contributed by atoms with Crippen LogP contribution in [0.5, 0.6) is 0 Å². The molecule has 236 valence electrons. The molecule has 0 amide bonds. The van der Waals surface area contributed by atoms with Gasteiger partial charge in [0.05, 0.1) is 18.0 Å². The fraction of sp³-hybridized carbons (Fsp3) is 0.457. The molecule has 44 heavy (non-hydrogen) atoms. The summed E-state index contributed by atoms with van der Waals surface area (Å²) >= 11 is 4.77. The predicted molar refractivity (Wildman–Crippen MR) is 184 cm³/mol. The first-order valence-corrected chi connectivity index (χ1v) is 16.7. The Labute approximate surface area is 267 Å². The molecule has 3 aliphatic rings. The van der Waals surface area contributed by atoms with Crippen LogP contribution in [0.25, 0.3) is 29.6 Å². The van der Waals surface area contributed by atoms with Gasteiger partial charge in [0.25, 0.3) is 0 Å². The fourth-order valence-corrected chi connectivity index (χ4v) is 6.34. The quantitative estimate of drug-likeness (QED) is 0.164. The molecule has 2 fully saturated rings. The molecule has 3 aromatic rings. The Hall–Kier alpha value is -3.27. The second-order valence-corrected chi connectivity index (χ2v) is 12.0. The van der Waals surface area contributed by atoms with Crippen molar-refractivity contribution < 1.29 is 9.13 Å². The number of hydrogen-bond acceptors (Lipinski definition) is 6. The van der Waals surface area contributed by atoms with Gasteiger partial charge in [-0.25, -0.2) is 4.39 Å². The summed E-state index contributed by atoms with van der Waals surface area (Å²) in [5.41, 5.74) is 6.04. The van der Waals surface area contributed by atoms with Crippen LogP contribution in [0.4, 0.5) is 10.1 Å². The van der Waals surface area contributed by atoms with Gasteiger partial charge in [0, 0.05) is 63.1 Å². The van der Waals surface area contributed by atoms with Crippen molar-refractivity contribution in [3.8, 4) is 11.4 Å². The molecule has 0 saturated carbocycles. The van der Waals surface area contributed by atoms with Crippen molar-refractivity contribution >= 4 is 36.5 Å². The molecule has 0 unspecified atom stereocenters. The Morgan fingerprint density at radius 3 is 2.55 bits per heavy atom. The highest BCUT2D eigenvalue weighted by Gasteiger charge is 2.18. The van der Waals surface area contributed by atoms with Crippen molar-refractivity contribution in [1.82, 2.24) is 25.0 Å². The van der Waals surface area contributed by atoms with Gasteiger partial charge in [-0.05, 0) is 85.3 Å². The van der Waals surface area contributed by atoms with E-state index in [-0.39, 0.29) is 5.82 Å². The summed E-state index contributed by atoms with van der Waals surface area (Å²) in [5, 5.41) is 7.72. The van der Waals surface area contributed by atoms with Crippen molar-refractivity contribution in [3.05, 3.63) is 75.9 Å². The molecule has 6 rings (SSSR count). The van der Waals surface area contributed by atoms with E-state index in [1.165, 1.54) is 44.5 Å². The van der Waals surface area contributed by atoms with Crippen LogP contribution in [0, 0.1) is 5.82 Å². The van der Waals surface area contributed by atoms with Crippen molar-refractivity contribution in [2.24, 2.45) is 0 Å². The number of thiol groups is 1. The van der Waals surface area contributed by atoms with Crippen LogP contribution in [0.3, 0.4) is 0 Å². The molecule has 0 atom stereocenters. The average Bonchev–Trinajstić information content (AvgIpc) is 3.63. The lowest BCUT2D eigenvalue weighted by molar-refractivity contribution is 0.169. The van der Waals surface area contributed by atoms with Crippen LogP contribution in [0.2, 0.25) is 0 Å². The first-order valence-electron chi connectivity index (χ1n) is 16.2. The van der Waals surface area contributed by atoms with Gasteiger partial charge in [0.2, 0.25) is 0 Å². The third-order valence-corrected chi connectivity index (χ3v) is 8.57. The molecule has 1 aromatic carbocycles. The SMILES string of the molecule is CC.Fc1ccc(N2CCN(C/C(S)=C/c3cc(-c4cc5c([nH]4)C=C(OCCCN4CCCCC4)CC=C5)n[nH]3)CC2)cc1. The lowest BCUT2D eigenvalue weighted by atomic mass is 10.1. The van der Waals surface area contributed by atoms with E-state index >= 15 is 0 Å². The van der Waals surface area contributed by atoms with Crippen LogP contribution < -0.4 is 4.90 Å². The van der Waals surface area contributed by atoms with E-state index < -0.39 is 0 Å². The van der Waals surface area contributed by atoms with Gasteiger partial charge >= 0.3 is 0 Å². The molecule has 2 aliphatic heterocycles. The molecule has 2 aromatic heterocycles. The molecule has 0 spiro atoms. The summed E-state index contributed by atoms with van der Waals surface area (Å²) in [6.45, 7) is 12.8. The molecule has 4 heterocycles. The van der Waals surface area contributed by atoms with Gasteiger partial charge in [-0.15, -0.1) is 12.6 Å². The average molecular weight is 619 g/mol. The van der Waals surface area contributed by atoms with E-state index in [4.69, 9.17) is 17.4 Å². The fourth-order valence-electron chi connectivity index (χ4n) is 6.00. The van der Waals surface area contributed by atoms with Crippen molar-refractivity contribution in [1.29, 1.82) is 0 Å². The maximum Gasteiger partial charge on any atom is 0.123 e. The summed E-state index contributed by atoms with van der Waals surface area (Å²) in [6, 6.07) is 11.0. The molecular formula is C35H47FN6OS. The third kappa shape index (κ3) is 8.89. The zero-order valence-electron chi connectivity index (χ0n) is 26.2. The number of halogens is 1. The van der Waals surface area contributed by atoms with E-state index in [1.54, 1.807) is 0 Å². The molecule has 9 heteroatoms. The van der Waals surface area contributed by atoms with Crippen LogP contribution in [0.1, 0.15) is 62.9 Å². The summed E-state index contributed by atoms with van der Waals surface area (Å²) < 4.78 is 19.4. The number of rotatable bonds is 10. The second-order valence-electron chi connectivity index (χ2n) is 11.5. The van der Waals surface area contributed by atoms with Gasteiger partial charge in [-0.1, -0.05) is 32.4 Å². The number of anilines is 1. The van der Waals surface area contributed by atoms with E-state index in [9.17, 15) is 4.39 Å². The molecule has 2 N–H and O–H groups in total. The number of piperidine rings is 1. The summed E-state index contributed by atoms with van der Waals surface area (Å²) in [7, 11) is 0. The van der Waals surface area contributed by atoms with Crippen molar-refractivity contribution in [2.75, 3.05) is 63.9 Å². The van der Waals surface area contributed by atoms with Gasteiger partial charge in [-0.3, -0.25) is 10.00 Å². The Bertz CT molecular complexity index is 1410. The minimum Gasteiger partial charge on any atom is -0.497 e. The Kier molecular flexibility index (Phi) is 11.8. The first kappa shape index (κ1) is 32.1. The first-order chi connectivity index (χ1) is 21.6. The van der Waals surface area contributed by atoms with E-state index in [1.807, 2.05) is 26.0 Å². The van der Waals surface area contributed by atoms with Crippen LogP contribution >= 0.6 is 12.6 Å². The maximum absolute atomic E-state index is 13.3. The minimum atomic E-state index is -0.197. The number of H-pyrrole nitrogens is 2. The van der Waals surface area contributed by atoms with E-state index in [2.05, 4.69) is 66.3 Å². The number of nitrogens with zero attached hydrogens (tertiary/aromatic N) is 4. The number of likely N-dealkylation sites (tertiary alicyclic amines) is 1. The monoisotopic (exact) mass is 618 g/mol. The predicted octanol–water partition coefficient (Wildman–Crippen LogP) is 7.31. The molecule has 7 nitrogen and oxygen atoms in total. The normalized spacial score (nSPS) is 17.9. The number of benzene rings is 1. The number of piperazine rings is 1. The Balaban J connectivity index is 0.00000188. The molecule has 2 saturated heterocycles. The smallest absolute Gasteiger partial charge is 0.123 e. The van der Waals surface area contributed by atoms with Crippen LogP contribution in [-0.4, -0.2) is 83.9 Å². The van der Waals surface area contributed by atoms with Gasteiger partial charge < -0.3 is 19.5 Å². The summed E-state index contributed by atoms with van der Waals surface area (Å²) in [6.07, 6.45) is 14.4. The van der Waals surface area contributed by atoms with Crippen molar-refractivity contribution in [2.45, 2.75) is 46.0 Å². The van der Waals surface area contributed by atoms with Gasteiger partial charge in [-0.2, -0.15) is 5.10 Å². The van der Waals surface area contributed by atoms with Crippen LogP contribution in [-0.2, 0) is 4.74 Å². The number of ether oxygens (including phenoxy) is 1. The summed E-state index contributed by atoms with van der Waals surface area (Å²) in [5.74, 6) is 0.804. The second kappa shape index (κ2) is 16.2. The standard InChI is InChI=1S/C33H41FN6OS.C2H6/c34-26-8-10-28(11-9-26)40-17-15-39(16-18-40)24-30(42)21-27-22-33(37-36-27)32-20-25-6-4-7-29(23-31(25)35-32)41-19-5-14-38-12-2-1-3-13-38;1-2/h4,6,8-11,20-23,35,42H,1-3,5,7,12-19,24H2,(H,36,37);1-2H3/b30-21-;. The number of aromatic amines is 2. The number of nitrogens with one attached hydrogen (secondary N) is 2. The largest absolute Gasteiger partial charge is 0.497 e. The topological polar surface area (TPSA) is 63.4 Å². The third-order valence-electron chi connectivity index (χ3n) is 8.30. The maximum atomic E-state index is 13.3. The zero-order valence-corrected chi connectivity index (χ0v) is 27.1. The lowest BCUT2D eigenvalue weighted by Crippen LogP contribution is -2.46. The summed E-state index contributed by atoms with van der Waals surface area (Å²) in [4.78, 5) is 11.8. The zero-order chi connectivity index (χ0) is 30.7. The van der Waals surface area contributed by atoms with Crippen molar-refractivity contribution in [3.63, 3.8) is 0 Å². The molecule has 0 radical (unpaired) electrons. The number of aromatic nitrogens is 3. The minimum absolute atomic E-state index is 0.197. The van der Waals surface area contributed by atoms with Gasteiger partial charge in [0.1, 0.15) is 17.3 Å². The van der Waals surface area contributed by atoms with E-state index in [0.717, 1.165) is 103 Å². The van der Waals surface area contributed by atoms with E-state index in [0.29, 0.717) is 0 Å². The van der Waals surface area contributed by atoms with Gasteiger partial charge in [0.15, 0.2) is 0 Å². The Morgan fingerprint density at radius 2 is 1.77 bits per heavy atom. The number of fused-ring (bicyclic) bond motifs is 1. The highest BCUT2D eigenvalue weighted by atomic mass is 32.1. The molecule has 0 bridgehead atoms. The van der Waals surface area contributed by atoms with Crippen LogP contribution in [0.15, 0.2) is 53.1 Å². The lowest BCUT2D eigenvalue weighted by Gasteiger charge is -2.36. The molecular weight excluding hydrogens is 571 g/mol.